The Labute approximate surface area is 244 Å². The lowest BCUT2D eigenvalue weighted by molar-refractivity contribution is 0.205. The number of piperidine rings is 1. The van der Waals surface area contributed by atoms with Crippen LogP contribution in [0.4, 0.5) is 0 Å². The molecule has 4 nitrogen and oxygen atoms in total. The molecule has 0 unspecified atom stereocenters. The van der Waals surface area contributed by atoms with E-state index in [4.69, 9.17) is 9.47 Å². The maximum atomic E-state index is 6.08. The van der Waals surface area contributed by atoms with Gasteiger partial charge in [0.1, 0.15) is 18.1 Å². The Bertz CT molecular complexity index is 1530. The van der Waals surface area contributed by atoms with Gasteiger partial charge in [0.2, 0.25) is 0 Å². The van der Waals surface area contributed by atoms with Crippen molar-refractivity contribution in [3.63, 3.8) is 0 Å². The number of benzene rings is 4. The molecule has 0 amide bonds. The van der Waals surface area contributed by atoms with Crippen LogP contribution < -0.4 is 9.47 Å². The van der Waals surface area contributed by atoms with Gasteiger partial charge in [0, 0.05) is 24.0 Å². The van der Waals surface area contributed by atoms with E-state index in [-0.39, 0.29) is 0 Å². The van der Waals surface area contributed by atoms with Crippen molar-refractivity contribution >= 4 is 10.9 Å². The maximum Gasteiger partial charge on any atom is 0.119 e. The van der Waals surface area contributed by atoms with E-state index in [2.05, 4.69) is 101 Å². The molecule has 0 atom stereocenters. The fraction of sp³-hybridized carbons (Fsp3) is 0.297. The standard InChI is InChI=1S/C37H40N2O2/c1-29-35-13-6-7-14-36(35)39(37(29)32-17-21-34(22-18-32)41-28-31-11-4-2-5-12-31)27-30-15-19-33(20-16-30)40-26-10-25-38-23-8-3-9-24-38/h2,4-7,11-22H,3,8-10,23-28H2,1H3. The van der Waals surface area contributed by atoms with E-state index < -0.39 is 0 Å². The Hall–Kier alpha value is -4.02. The molecule has 0 N–H and O–H groups in total. The highest BCUT2D eigenvalue weighted by Gasteiger charge is 2.16. The monoisotopic (exact) mass is 544 g/mol. The SMILES string of the molecule is Cc1c(-c2ccc(OCc3ccccc3)cc2)n(Cc2ccc(OCCCN3CCCCC3)cc2)c2ccccc12. The van der Waals surface area contributed by atoms with Gasteiger partial charge in [-0.05, 0) is 104 Å². The molecule has 1 aromatic heterocycles. The minimum atomic E-state index is 0.567. The lowest BCUT2D eigenvalue weighted by atomic mass is 10.1. The molecule has 4 aromatic carbocycles. The van der Waals surface area contributed by atoms with Gasteiger partial charge in [-0.1, -0.05) is 67.1 Å². The van der Waals surface area contributed by atoms with Gasteiger partial charge in [0.05, 0.1) is 12.3 Å². The third-order valence-corrected chi connectivity index (χ3v) is 8.20. The highest BCUT2D eigenvalue weighted by molar-refractivity contribution is 5.91. The first-order chi connectivity index (χ1) is 20.2. The number of nitrogens with zero attached hydrogens (tertiary/aromatic N) is 2. The van der Waals surface area contributed by atoms with Gasteiger partial charge in [-0.15, -0.1) is 0 Å². The molecular weight excluding hydrogens is 504 g/mol. The van der Waals surface area contributed by atoms with Crippen molar-refractivity contribution < 1.29 is 9.47 Å². The first-order valence-electron chi connectivity index (χ1n) is 15.0. The van der Waals surface area contributed by atoms with E-state index in [1.165, 1.54) is 71.2 Å². The zero-order chi connectivity index (χ0) is 27.9. The molecule has 1 fully saturated rings. The second-order valence-electron chi connectivity index (χ2n) is 11.1. The number of aryl methyl sites for hydroxylation is 1. The molecule has 41 heavy (non-hydrogen) atoms. The van der Waals surface area contributed by atoms with E-state index in [1.807, 2.05) is 18.2 Å². The smallest absolute Gasteiger partial charge is 0.119 e. The minimum Gasteiger partial charge on any atom is -0.494 e. The summed E-state index contributed by atoms with van der Waals surface area (Å²) in [5.74, 6) is 1.83. The topological polar surface area (TPSA) is 26.6 Å². The van der Waals surface area contributed by atoms with Crippen LogP contribution >= 0.6 is 0 Å². The van der Waals surface area contributed by atoms with Crippen LogP contribution in [0.1, 0.15) is 42.4 Å². The molecule has 0 spiro atoms. The van der Waals surface area contributed by atoms with Crippen molar-refractivity contribution in [1.82, 2.24) is 9.47 Å². The summed E-state index contributed by atoms with van der Waals surface area (Å²) < 4.78 is 14.6. The number of likely N-dealkylation sites (tertiary alicyclic amines) is 1. The molecule has 6 rings (SSSR count). The highest BCUT2D eigenvalue weighted by Crippen LogP contribution is 2.35. The van der Waals surface area contributed by atoms with Gasteiger partial charge in [-0.25, -0.2) is 0 Å². The second-order valence-corrected chi connectivity index (χ2v) is 11.1. The third-order valence-electron chi connectivity index (χ3n) is 8.20. The molecule has 210 valence electrons. The van der Waals surface area contributed by atoms with Crippen molar-refractivity contribution in [1.29, 1.82) is 0 Å². The fourth-order valence-electron chi connectivity index (χ4n) is 6.00. The van der Waals surface area contributed by atoms with Gasteiger partial charge < -0.3 is 18.9 Å². The van der Waals surface area contributed by atoms with Crippen molar-refractivity contribution in [3.8, 4) is 22.8 Å². The zero-order valence-corrected chi connectivity index (χ0v) is 24.1. The van der Waals surface area contributed by atoms with Crippen LogP contribution in [0.3, 0.4) is 0 Å². The average Bonchev–Trinajstić information content (AvgIpc) is 3.31. The van der Waals surface area contributed by atoms with E-state index in [0.29, 0.717) is 6.61 Å². The average molecular weight is 545 g/mol. The van der Waals surface area contributed by atoms with Crippen LogP contribution in [-0.4, -0.2) is 35.7 Å². The lowest BCUT2D eigenvalue weighted by Crippen LogP contribution is -2.31. The second kappa shape index (κ2) is 13.1. The number of ether oxygens (including phenoxy) is 2. The molecule has 1 aliphatic heterocycles. The molecule has 0 bridgehead atoms. The molecule has 2 heterocycles. The summed E-state index contributed by atoms with van der Waals surface area (Å²) in [6.45, 7) is 8.00. The summed E-state index contributed by atoms with van der Waals surface area (Å²) >= 11 is 0. The van der Waals surface area contributed by atoms with Crippen LogP contribution in [0.15, 0.2) is 103 Å². The third kappa shape index (κ3) is 6.66. The maximum absolute atomic E-state index is 6.08. The summed E-state index contributed by atoms with van der Waals surface area (Å²) in [5, 5.41) is 1.29. The fourth-order valence-corrected chi connectivity index (χ4v) is 6.00. The van der Waals surface area contributed by atoms with E-state index in [9.17, 15) is 0 Å². The molecule has 5 aromatic rings. The summed E-state index contributed by atoms with van der Waals surface area (Å²) in [6.07, 6.45) is 5.15. The van der Waals surface area contributed by atoms with Gasteiger partial charge in [0.15, 0.2) is 0 Å². The van der Waals surface area contributed by atoms with Crippen LogP contribution in [-0.2, 0) is 13.2 Å². The number of para-hydroxylation sites is 1. The predicted octanol–water partition coefficient (Wildman–Crippen LogP) is 8.50. The minimum absolute atomic E-state index is 0.567. The van der Waals surface area contributed by atoms with Crippen LogP contribution in [0.5, 0.6) is 11.5 Å². The Kier molecular flexibility index (Phi) is 8.68. The summed E-state index contributed by atoms with van der Waals surface area (Å²) in [6, 6.07) is 36.2. The van der Waals surface area contributed by atoms with Gasteiger partial charge in [-0.2, -0.15) is 0 Å². The highest BCUT2D eigenvalue weighted by atomic mass is 16.5. The first-order valence-corrected chi connectivity index (χ1v) is 15.0. The summed E-state index contributed by atoms with van der Waals surface area (Å²) in [4.78, 5) is 2.57. The number of fused-ring (bicyclic) bond motifs is 1. The van der Waals surface area contributed by atoms with E-state index in [0.717, 1.165) is 37.6 Å². The van der Waals surface area contributed by atoms with Crippen molar-refractivity contribution in [3.05, 3.63) is 120 Å². The van der Waals surface area contributed by atoms with Crippen molar-refractivity contribution in [2.45, 2.75) is 45.8 Å². The van der Waals surface area contributed by atoms with Gasteiger partial charge in [0.25, 0.3) is 0 Å². The molecule has 0 saturated carbocycles. The first kappa shape index (κ1) is 27.2. The Morgan fingerprint density at radius 3 is 2.12 bits per heavy atom. The van der Waals surface area contributed by atoms with Crippen LogP contribution in [0.2, 0.25) is 0 Å². The molecule has 1 aliphatic rings. The van der Waals surface area contributed by atoms with Crippen molar-refractivity contribution in [2.75, 3.05) is 26.2 Å². The summed E-state index contributed by atoms with van der Waals surface area (Å²) in [7, 11) is 0. The molecule has 0 radical (unpaired) electrons. The Morgan fingerprint density at radius 1 is 0.659 bits per heavy atom. The van der Waals surface area contributed by atoms with Crippen LogP contribution in [0.25, 0.3) is 22.2 Å². The lowest BCUT2D eigenvalue weighted by Gasteiger charge is -2.26. The van der Waals surface area contributed by atoms with E-state index in [1.54, 1.807) is 0 Å². The van der Waals surface area contributed by atoms with Crippen LogP contribution in [0, 0.1) is 6.92 Å². The quantitative estimate of drug-likeness (QED) is 0.156. The zero-order valence-electron chi connectivity index (χ0n) is 24.1. The largest absolute Gasteiger partial charge is 0.494 e. The van der Waals surface area contributed by atoms with E-state index >= 15 is 0 Å². The van der Waals surface area contributed by atoms with Crippen molar-refractivity contribution in [2.24, 2.45) is 0 Å². The molecule has 0 aliphatic carbocycles. The Morgan fingerprint density at radius 2 is 1.34 bits per heavy atom. The normalized spacial score (nSPS) is 13.9. The van der Waals surface area contributed by atoms with Gasteiger partial charge in [-0.3, -0.25) is 0 Å². The predicted molar refractivity (Wildman–Crippen MR) is 169 cm³/mol. The molecule has 1 saturated heterocycles. The number of aromatic nitrogens is 1. The summed E-state index contributed by atoms with van der Waals surface area (Å²) in [5.41, 5.74) is 7.42. The molecule has 4 heteroatoms. The number of hydrogen-bond donors (Lipinski definition) is 0. The number of rotatable bonds is 11. The van der Waals surface area contributed by atoms with Gasteiger partial charge >= 0.3 is 0 Å². The Balaban J connectivity index is 1.15. The number of hydrogen-bond acceptors (Lipinski definition) is 3. The molecular formula is C37H40N2O2.